The first-order chi connectivity index (χ1) is 34.5. The van der Waals surface area contributed by atoms with E-state index >= 15 is 0 Å². The number of piperazine rings is 1. The molecule has 1 atom stereocenters. The van der Waals surface area contributed by atoms with Gasteiger partial charge in [-0.25, -0.2) is 19.3 Å². The van der Waals surface area contributed by atoms with Gasteiger partial charge >= 0.3 is 0 Å². The van der Waals surface area contributed by atoms with E-state index in [-0.39, 0.29) is 42.3 Å². The fraction of sp³-hybridized carbons (Fsp3) is 0.396. The highest BCUT2D eigenvalue weighted by Gasteiger charge is 2.32. The van der Waals surface area contributed by atoms with E-state index in [0.717, 1.165) is 106 Å². The summed E-state index contributed by atoms with van der Waals surface area (Å²) in [6, 6.07) is 25.7. The molecule has 0 bridgehead atoms. The van der Waals surface area contributed by atoms with Gasteiger partial charge in [0.1, 0.15) is 6.04 Å². The van der Waals surface area contributed by atoms with Crippen molar-refractivity contribution >= 4 is 34.2 Å². The van der Waals surface area contributed by atoms with Crippen LogP contribution in [0.1, 0.15) is 61.4 Å². The summed E-state index contributed by atoms with van der Waals surface area (Å²) in [6.45, 7) is 9.61. The summed E-state index contributed by atoms with van der Waals surface area (Å²) >= 11 is 0. The lowest BCUT2D eigenvalue weighted by Gasteiger charge is -2.43. The van der Waals surface area contributed by atoms with Gasteiger partial charge < -0.3 is 14.5 Å². The van der Waals surface area contributed by atoms with Crippen LogP contribution < -0.4 is 26.1 Å². The van der Waals surface area contributed by atoms with Gasteiger partial charge in [-0.3, -0.25) is 39.1 Å². The number of benzene rings is 3. The van der Waals surface area contributed by atoms with Crippen LogP contribution in [0.3, 0.4) is 0 Å². The van der Waals surface area contributed by atoms with Gasteiger partial charge in [0, 0.05) is 80.0 Å². The molecule has 4 aliphatic rings. The van der Waals surface area contributed by atoms with Crippen LogP contribution in [-0.4, -0.2) is 134 Å². The van der Waals surface area contributed by atoms with Crippen molar-refractivity contribution in [2.75, 3.05) is 70.4 Å². The predicted molar refractivity (Wildman–Crippen MR) is 265 cm³/mol. The second kappa shape index (κ2) is 20.8. The van der Waals surface area contributed by atoms with Gasteiger partial charge in [0.15, 0.2) is 11.6 Å². The summed E-state index contributed by atoms with van der Waals surface area (Å²) in [5.41, 5.74) is 4.63. The van der Waals surface area contributed by atoms with Crippen LogP contribution in [0.15, 0.2) is 101 Å². The quantitative estimate of drug-likeness (QED) is 0.171. The Morgan fingerprint density at radius 3 is 2.31 bits per heavy atom. The summed E-state index contributed by atoms with van der Waals surface area (Å²) in [5, 5.41) is 22.0. The molecule has 1 unspecified atom stereocenters. The lowest BCUT2D eigenvalue weighted by Crippen LogP contribution is -2.55. The molecule has 71 heavy (non-hydrogen) atoms. The maximum absolute atomic E-state index is 13.6. The van der Waals surface area contributed by atoms with Crippen molar-refractivity contribution in [3.05, 3.63) is 129 Å². The van der Waals surface area contributed by atoms with Gasteiger partial charge in [0.25, 0.3) is 17.0 Å². The van der Waals surface area contributed by atoms with Crippen molar-refractivity contribution in [1.29, 1.82) is 5.26 Å². The number of nitriles is 1. The molecule has 4 aliphatic heterocycles. The van der Waals surface area contributed by atoms with E-state index < -0.39 is 11.9 Å². The lowest BCUT2D eigenvalue weighted by molar-refractivity contribution is -0.136. The van der Waals surface area contributed by atoms with Crippen LogP contribution in [0.2, 0.25) is 0 Å². The number of fused-ring (bicyclic) bond motifs is 1. The fourth-order valence-electron chi connectivity index (χ4n) is 10.4. The summed E-state index contributed by atoms with van der Waals surface area (Å²) in [5.74, 6) is 0.867. The molecule has 4 saturated heterocycles. The van der Waals surface area contributed by atoms with Gasteiger partial charge in [0.2, 0.25) is 11.8 Å². The van der Waals surface area contributed by atoms with Gasteiger partial charge in [-0.05, 0) is 100.0 Å². The van der Waals surface area contributed by atoms with Crippen LogP contribution in [0.25, 0.3) is 33.4 Å². The number of amides is 3. The summed E-state index contributed by atoms with van der Waals surface area (Å²) in [6.07, 6.45) is 7.65. The molecular weight excluding hydrogens is 901 g/mol. The SMILES string of the molecule is Cc1nn(C2CCC(=O)NC2=O)c(=O)c2cc(N3CCC(N4CCN(C(=O)CN5CCC(COc6cnc(-c7cccc(Cn8nc(-c9cccc(C#N)c9)ccc8=O)c7)nc6)CC5)CC4)CC3)ccc12. The molecule has 6 aromatic rings. The zero-order valence-electron chi connectivity index (χ0n) is 39.8. The van der Waals surface area contributed by atoms with E-state index in [1.54, 1.807) is 36.7 Å². The molecule has 0 saturated carbocycles. The fourth-order valence-corrected chi connectivity index (χ4v) is 10.4. The molecule has 0 radical (unpaired) electrons. The van der Waals surface area contributed by atoms with Crippen molar-refractivity contribution in [3.8, 4) is 34.5 Å². The second-order valence-electron chi connectivity index (χ2n) is 19.0. The van der Waals surface area contributed by atoms with Crippen LogP contribution >= 0.6 is 0 Å². The number of imide groups is 1. The number of aryl methyl sites for hydroxylation is 1. The number of rotatable bonds is 12. The first-order valence-electron chi connectivity index (χ1n) is 24.5. The van der Waals surface area contributed by atoms with Gasteiger partial charge in [0.05, 0.1) is 60.5 Å². The normalized spacial score (nSPS) is 18.6. The van der Waals surface area contributed by atoms with Gasteiger partial charge in [-0.1, -0.05) is 36.4 Å². The number of carbonyl (C=O) groups is 3. The Hall–Kier alpha value is -7.62. The minimum absolute atomic E-state index is 0.171. The summed E-state index contributed by atoms with van der Waals surface area (Å²) in [7, 11) is 0. The first kappa shape index (κ1) is 47.1. The van der Waals surface area contributed by atoms with E-state index in [1.165, 1.54) is 15.4 Å². The van der Waals surface area contributed by atoms with Gasteiger partial charge in [-0.15, -0.1) is 0 Å². The summed E-state index contributed by atoms with van der Waals surface area (Å²) in [4.78, 5) is 82.5. The van der Waals surface area contributed by atoms with E-state index in [4.69, 9.17) is 4.74 Å². The van der Waals surface area contributed by atoms with E-state index in [2.05, 4.69) is 46.3 Å². The Morgan fingerprint density at radius 2 is 1.55 bits per heavy atom. The number of piperidine rings is 3. The highest BCUT2D eigenvalue weighted by Crippen LogP contribution is 2.28. The lowest BCUT2D eigenvalue weighted by atomic mass is 9.98. The number of ether oxygens (including phenoxy) is 1. The van der Waals surface area contributed by atoms with Gasteiger partial charge in [-0.2, -0.15) is 15.5 Å². The van der Waals surface area contributed by atoms with E-state index in [1.807, 2.05) is 60.4 Å². The molecule has 3 aromatic heterocycles. The highest BCUT2D eigenvalue weighted by molar-refractivity contribution is 5.99. The van der Waals surface area contributed by atoms with Crippen LogP contribution in [0.4, 0.5) is 5.69 Å². The number of nitrogens with zero attached hydrogens (tertiary/aromatic N) is 11. The standard InChI is InChI=1S/C53H56N12O6/c1-35-44-9-8-42(28-45(44)53(70)65(58-35)47-11-12-48(66)57-52(47)69)61-20-16-41(17-21-61)62-22-24-63(25-23-62)50(68)33-60-18-14-36(15-19-60)34-71-43-30-55-51(56-31-43)40-7-3-5-38(27-40)32-64-49(67)13-10-46(59-64)39-6-2-4-37(26-39)29-54/h2-10,13,26-28,30-31,36,41,47H,11-12,14-25,32-34H2,1H3,(H,57,66,69). The maximum atomic E-state index is 13.6. The molecule has 1 N–H and O–H groups in total. The number of nitrogens with one attached hydrogen (secondary N) is 1. The molecule has 3 aromatic carbocycles. The van der Waals surface area contributed by atoms with E-state index in [0.29, 0.717) is 59.0 Å². The molecule has 7 heterocycles. The Balaban J connectivity index is 0.645. The topological polar surface area (TPSA) is 205 Å². The summed E-state index contributed by atoms with van der Waals surface area (Å²) < 4.78 is 8.80. The number of hydrogen-bond donors (Lipinski definition) is 1. The number of anilines is 1. The van der Waals surface area contributed by atoms with Crippen LogP contribution in [0.5, 0.6) is 5.75 Å². The maximum Gasteiger partial charge on any atom is 0.275 e. The third kappa shape index (κ3) is 10.6. The molecular formula is C53H56N12O6. The molecule has 0 aliphatic carbocycles. The molecule has 18 nitrogen and oxygen atoms in total. The molecule has 10 rings (SSSR count). The van der Waals surface area contributed by atoms with Crippen LogP contribution in [-0.2, 0) is 20.9 Å². The monoisotopic (exact) mass is 956 g/mol. The van der Waals surface area contributed by atoms with Crippen molar-refractivity contribution in [2.24, 2.45) is 5.92 Å². The first-order valence-corrected chi connectivity index (χ1v) is 24.5. The van der Waals surface area contributed by atoms with Crippen molar-refractivity contribution in [1.82, 2.24) is 49.5 Å². The largest absolute Gasteiger partial charge is 0.490 e. The minimum atomic E-state index is -0.808. The van der Waals surface area contributed by atoms with Crippen molar-refractivity contribution in [3.63, 3.8) is 0 Å². The zero-order valence-corrected chi connectivity index (χ0v) is 39.8. The zero-order chi connectivity index (χ0) is 49.0. The Labute approximate surface area is 410 Å². The molecule has 18 heteroatoms. The van der Waals surface area contributed by atoms with Crippen molar-refractivity contribution < 1.29 is 19.1 Å². The number of likely N-dealkylation sites (tertiary alicyclic amines) is 1. The average Bonchev–Trinajstić information content (AvgIpc) is 3.40. The Morgan fingerprint density at radius 1 is 0.789 bits per heavy atom. The Kier molecular flexibility index (Phi) is 13.8. The average molecular weight is 957 g/mol. The molecule has 0 spiro atoms. The van der Waals surface area contributed by atoms with Crippen LogP contribution in [0, 0.1) is 24.2 Å². The van der Waals surface area contributed by atoms with E-state index in [9.17, 15) is 29.2 Å². The smallest absolute Gasteiger partial charge is 0.275 e. The third-order valence-electron chi connectivity index (χ3n) is 14.5. The molecule has 3 amide bonds. The molecule has 364 valence electrons. The predicted octanol–water partition coefficient (Wildman–Crippen LogP) is 4.19. The van der Waals surface area contributed by atoms with Crippen molar-refractivity contribution in [2.45, 2.75) is 64.1 Å². The number of hydrogen-bond acceptors (Lipinski definition) is 14. The minimum Gasteiger partial charge on any atom is -0.490 e. The number of aromatic nitrogens is 6. The number of carbonyl (C=O) groups excluding carboxylic acids is 3. The second-order valence-corrected chi connectivity index (χ2v) is 19.0. The highest BCUT2D eigenvalue weighted by atomic mass is 16.5. The molecule has 4 fully saturated rings. The third-order valence-corrected chi connectivity index (χ3v) is 14.5. The Bertz CT molecular complexity index is 3130.